The van der Waals surface area contributed by atoms with E-state index in [1.807, 2.05) is 0 Å². The largest absolute Gasteiger partial charge is 0.399 e. The van der Waals surface area contributed by atoms with Crippen molar-refractivity contribution in [3.05, 3.63) is 29.8 Å². The predicted molar refractivity (Wildman–Crippen MR) is 55.9 cm³/mol. The van der Waals surface area contributed by atoms with Gasteiger partial charge in [0.1, 0.15) is 0 Å². The Morgan fingerprint density at radius 2 is 2.00 bits per heavy atom. The number of nitrogen functional groups attached to an aromatic ring is 1. The molecule has 0 unspecified atom stereocenters. The summed E-state index contributed by atoms with van der Waals surface area (Å²) in [5.41, 5.74) is 6.89. The molecule has 0 heterocycles. The molecule has 1 aliphatic rings. The molecule has 3 N–H and O–H groups in total. The third kappa shape index (κ3) is 2.25. The minimum atomic E-state index is -0.00287. The van der Waals surface area contributed by atoms with Crippen LogP contribution in [0.2, 0.25) is 0 Å². The number of nitrogens with two attached hydrogens (primary N) is 1. The molecule has 14 heavy (non-hydrogen) atoms. The van der Waals surface area contributed by atoms with Gasteiger partial charge in [-0.25, -0.2) is 0 Å². The normalized spacial score (nSPS) is 15.1. The minimum absolute atomic E-state index is 0.00287. The summed E-state index contributed by atoms with van der Waals surface area (Å²) in [5, 5.41) is 2.90. The molecular weight excluding hydrogens is 176 g/mol. The van der Waals surface area contributed by atoms with Gasteiger partial charge in [-0.05, 0) is 43.0 Å². The zero-order valence-corrected chi connectivity index (χ0v) is 7.99. The lowest BCUT2D eigenvalue weighted by atomic mass is 10.2. The highest BCUT2D eigenvalue weighted by molar-refractivity contribution is 5.94. The number of carbonyl (C=O) groups excluding carboxylic acids is 1. The number of hydrogen-bond acceptors (Lipinski definition) is 2. The molecule has 74 valence electrons. The van der Waals surface area contributed by atoms with Crippen molar-refractivity contribution in [2.75, 3.05) is 12.3 Å². The molecule has 3 nitrogen and oxygen atoms in total. The van der Waals surface area contributed by atoms with Crippen LogP contribution in [0.1, 0.15) is 23.2 Å². The zero-order chi connectivity index (χ0) is 9.97. The molecule has 1 saturated carbocycles. The van der Waals surface area contributed by atoms with Crippen molar-refractivity contribution < 1.29 is 4.79 Å². The maximum atomic E-state index is 11.5. The van der Waals surface area contributed by atoms with E-state index in [0.29, 0.717) is 17.2 Å². The van der Waals surface area contributed by atoms with E-state index in [2.05, 4.69) is 5.32 Å². The van der Waals surface area contributed by atoms with Gasteiger partial charge >= 0.3 is 0 Å². The molecule has 1 fully saturated rings. The third-order valence-electron chi connectivity index (χ3n) is 2.42. The molecule has 0 spiro atoms. The van der Waals surface area contributed by atoms with Gasteiger partial charge in [-0.2, -0.15) is 0 Å². The first-order valence-electron chi connectivity index (χ1n) is 4.89. The summed E-state index contributed by atoms with van der Waals surface area (Å²) in [5.74, 6) is 0.713. The Morgan fingerprint density at radius 1 is 1.36 bits per heavy atom. The number of carbonyl (C=O) groups is 1. The summed E-state index contributed by atoms with van der Waals surface area (Å²) in [7, 11) is 0. The molecule has 0 bridgehead atoms. The van der Waals surface area contributed by atoms with Crippen LogP contribution >= 0.6 is 0 Å². The van der Waals surface area contributed by atoms with Crippen molar-refractivity contribution in [3.8, 4) is 0 Å². The molecule has 2 rings (SSSR count). The Labute approximate surface area is 83.3 Å². The van der Waals surface area contributed by atoms with Crippen molar-refractivity contribution in [1.82, 2.24) is 5.32 Å². The molecule has 3 heteroatoms. The molecule has 0 atom stereocenters. The van der Waals surface area contributed by atoms with Crippen molar-refractivity contribution in [2.24, 2.45) is 5.92 Å². The Balaban J connectivity index is 1.92. The van der Waals surface area contributed by atoms with Gasteiger partial charge in [0.25, 0.3) is 5.91 Å². The van der Waals surface area contributed by atoms with Gasteiger partial charge in [0.05, 0.1) is 0 Å². The van der Waals surface area contributed by atoms with Gasteiger partial charge in [0.15, 0.2) is 0 Å². The number of nitrogens with one attached hydrogen (secondary N) is 1. The van der Waals surface area contributed by atoms with Crippen LogP contribution in [0.4, 0.5) is 5.69 Å². The van der Waals surface area contributed by atoms with Gasteiger partial charge < -0.3 is 11.1 Å². The van der Waals surface area contributed by atoms with E-state index < -0.39 is 0 Å². The summed E-state index contributed by atoms with van der Waals surface area (Å²) in [6.07, 6.45) is 2.50. The zero-order valence-electron chi connectivity index (χ0n) is 7.99. The predicted octanol–water partition coefficient (Wildman–Crippen LogP) is 1.41. The monoisotopic (exact) mass is 190 g/mol. The maximum Gasteiger partial charge on any atom is 0.251 e. The van der Waals surface area contributed by atoms with Crippen molar-refractivity contribution >= 4 is 11.6 Å². The molecule has 0 aromatic heterocycles. The van der Waals surface area contributed by atoms with Crippen molar-refractivity contribution in [2.45, 2.75) is 12.8 Å². The standard InChI is InChI=1S/C11H14N2O/c12-10-5-3-9(4-6-10)11(14)13-7-8-1-2-8/h3-6,8H,1-2,7,12H2,(H,13,14). The van der Waals surface area contributed by atoms with Gasteiger partial charge in [-0.15, -0.1) is 0 Å². The van der Waals surface area contributed by atoms with E-state index in [1.54, 1.807) is 24.3 Å². The second-order valence-electron chi connectivity index (χ2n) is 3.78. The highest BCUT2D eigenvalue weighted by Crippen LogP contribution is 2.27. The summed E-state index contributed by atoms with van der Waals surface area (Å²) in [6, 6.07) is 6.98. The fraction of sp³-hybridized carbons (Fsp3) is 0.364. The first-order valence-corrected chi connectivity index (χ1v) is 4.89. The van der Waals surface area contributed by atoms with E-state index in [9.17, 15) is 4.79 Å². The molecular formula is C11H14N2O. The van der Waals surface area contributed by atoms with E-state index in [1.165, 1.54) is 12.8 Å². The third-order valence-corrected chi connectivity index (χ3v) is 2.42. The highest BCUT2D eigenvalue weighted by atomic mass is 16.1. The van der Waals surface area contributed by atoms with E-state index >= 15 is 0 Å². The van der Waals surface area contributed by atoms with Crippen LogP contribution in [0.25, 0.3) is 0 Å². The average molecular weight is 190 g/mol. The first kappa shape index (κ1) is 9.06. The van der Waals surface area contributed by atoms with E-state index in [0.717, 1.165) is 6.54 Å². The SMILES string of the molecule is Nc1ccc(C(=O)NCC2CC2)cc1. The molecule has 1 amide bonds. The highest BCUT2D eigenvalue weighted by Gasteiger charge is 2.21. The Bertz CT molecular complexity index is 328. The molecule has 0 aliphatic heterocycles. The van der Waals surface area contributed by atoms with Crippen molar-refractivity contribution in [3.63, 3.8) is 0 Å². The van der Waals surface area contributed by atoms with Crippen LogP contribution in [-0.2, 0) is 0 Å². The smallest absolute Gasteiger partial charge is 0.251 e. The summed E-state index contributed by atoms with van der Waals surface area (Å²) in [4.78, 5) is 11.5. The van der Waals surface area contributed by atoms with Crippen molar-refractivity contribution in [1.29, 1.82) is 0 Å². The second kappa shape index (κ2) is 3.70. The van der Waals surface area contributed by atoms with Crippen LogP contribution in [-0.4, -0.2) is 12.5 Å². The van der Waals surface area contributed by atoms with Crippen LogP contribution < -0.4 is 11.1 Å². The second-order valence-corrected chi connectivity index (χ2v) is 3.78. The maximum absolute atomic E-state index is 11.5. The molecule has 0 radical (unpaired) electrons. The number of anilines is 1. The quantitative estimate of drug-likeness (QED) is 0.708. The summed E-state index contributed by atoms with van der Waals surface area (Å²) >= 11 is 0. The number of rotatable bonds is 3. The number of amides is 1. The van der Waals surface area contributed by atoms with Crippen LogP contribution in [0.3, 0.4) is 0 Å². The summed E-state index contributed by atoms with van der Waals surface area (Å²) < 4.78 is 0. The minimum Gasteiger partial charge on any atom is -0.399 e. The lowest BCUT2D eigenvalue weighted by molar-refractivity contribution is 0.0952. The Kier molecular flexibility index (Phi) is 2.39. The van der Waals surface area contributed by atoms with E-state index in [-0.39, 0.29) is 5.91 Å². The van der Waals surface area contributed by atoms with Gasteiger partial charge in [0.2, 0.25) is 0 Å². The number of benzene rings is 1. The molecule has 1 aromatic rings. The van der Waals surface area contributed by atoms with Gasteiger partial charge in [-0.3, -0.25) is 4.79 Å². The summed E-state index contributed by atoms with van der Waals surface area (Å²) in [6.45, 7) is 0.809. The first-order chi connectivity index (χ1) is 6.75. The topological polar surface area (TPSA) is 55.1 Å². The lowest BCUT2D eigenvalue weighted by Gasteiger charge is -2.03. The molecule has 1 aromatic carbocycles. The van der Waals surface area contributed by atoms with Gasteiger partial charge in [0, 0.05) is 17.8 Å². The number of hydrogen-bond donors (Lipinski definition) is 2. The fourth-order valence-electron chi connectivity index (χ4n) is 1.30. The van der Waals surface area contributed by atoms with Crippen LogP contribution in [0, 0.1) is 5.92 Å². The van der Waals surface area contributed by atoms with Gasteiger partial charge in [-0.1, -0.05) is 0 Å². The Hall–Kier alpha value is -1.51. The molecule has 1 aliphatic carbocycles. The average Bonchev–Trinajstić information content (AvgIpc) is 2.99. The molecule has 0 saturated heterocycles. The fourth-order valence-corrected chi connectivity index (χ4v) is 1.30. The Morgan fingerprint density at radius 3 is 2.57 bits per heavy atom. The van der Waals surface area contributed by atoms with E-state index in [4.69, 9.17) is 5.73 Å². The lowest BCUT2D eigenvalue weighted by Crippen LogP contribution is -2.25. The van der Waals surface area contributed by atoms with Crippen LogP contribution in [0.5, 0.6) is 0 Å². The van der Waals surface area contributed by atoms with Crippen LogP contribution in [0.15, 0.2) is 24.3 Å².